The Balaban J connectivity index is 2.51. The van der Waals surface area contributed by atoms with Crippen LogP contribution in [-0.2, 0) is 9.59 Å². The van der Waals surface area contributed by atoms with Crippen LogP contribution in [0.3, 0.4) is 0 Å². The van der Waals surface area contributed by atoms with Crippen LogP contribution in [0.15, 0.2) is 52.9 Å². The standard InChI is InChI=1S/C21H25NO2/c1-5-6-7-8-11-18(17-10-9-12-22-13-17)19-16(4)20(23)14(2)15(3)21(19)24/h9-13H,5-8H2,1-4H3/b18-11+. The summed E-state index contributed by atoms with van der Waals surface area (Å²) in [7, 11) is 0. The molecule has 0 spiro atoms. The molecule has 0 saturated heterocycles. The number of hydrogen-bond acceptors (Lipinski definition) is 3. The first kappa shape index (κ1) is 18.1. The summed E-state index contributed by atoms with van der Waals surface area (Å²) in [5.41, 5.74) is 3.89. The van der Waals surface area contributed by atoms with E-state index in [4.69, 9.17) is 0 Å². The molecule has 0 unspecified atom stereocenters. The Kier molecular flexibility index (Phi) is 6.02. The predicted molar refractivity (Wildman–Crippen MR) is 97.4 cm³/mol. The van der Waals surface area contributed by atoms with Gasteiger partial charge in [-0.15, -0.1) is 0 Å². The van der Waals surface area contributed by atoms with Gasteiger partial charge in [0, 0.05) is 40.2 Å². The number of aromatic nitrogens is 1. The second kappa shape index (κ2) is 8.00. The Bertz CT molecular complexity index is 736. The van der Waals surface area contributed by atoms with Gasteiger partial charge in [0.05, 0.1) is 0 Å². The van der Waals surface area contributed by atoms with Crippen molar-refractivity contribution < 1.29 is 9.59 Å². The van der Waals surface area contributed by atoms with E-state index in [0.29, 0.717) is 22.3 Å². The lowest BCUT2D eigenvalue weighted by Gasteiger charge is -2.21. The monoisotopic (exact) mass is 323 g/mol. The van der Waals surface area contributed by atoms with Crippen LogP contribution < -0.4 is 0 Å². The maximum absolute atomic E-state index is 12.9. The molecule has 1 aromatic heterocycles. The number of ketones is 2. The first-order valence-electron chi connectivity index (χ1n) is 8.57. The van der Waals surface area contributed by atoms with E-state index in [9.17, 15) is 9.59 Å². The van der Waals surface area contributed by atoms with Crippen LogP contribution in [0, 0.1) is 0 Å². The Morgan fingerprint density at radius 1 is 1.04 bits per heavy atom. The van der Waals surface area contributed by atoms with E-state index >= 15 is 0 Å². The summed E-state index contributed by atoms with van der Waals surface area (Å²) in [4.78, 5) is 29.5. The molecule has 1 heterocycles. The lowest BCUT2D eigenvalue weighted by Crippen LogP contribution is -2.21. The SMILES string of the molecule is CCCCC/C=C(/C1=C(C)C(=O)C(C)=C(C)C1=O)c1cccnc1. The number of allylic oxidation sites excluding steroid dienone is 6. The Morgan fingerprint density at radius 2 is 1.75 bits per heavy atom. The molecular formula is C21H25NO2. The predicted octanol–water partition coefficient (Wildman–Crippen LogP) is 4.85. The van der Waals surface area contributed by atoms with Gasteiger partial charge in [0.25, 0.3) is 0 Å². The number of rotatable bonds is 6. The molecule has 1 aromatic rings. The third kappa shape index (κ3) is 3.61. The van der Waals surface area contributed by atoms with E-state index in [2.05, 4.69) is 18.0 Å². The third-order valence-corrected chi connectivity index (χ3v) is 4.58. The lowest BCUT2D eigenvalue weighted by atomic mass is 9.80. The molecule has 0 aromatic carbocycles. The van der Waals surface area contributed by atoms with Crippen LogP contribution in [0.25, 0.3) is 5.57 Å². The van der Waals surface area contributed by atoms with E-state index in [0.717, 1.165) is 36.8 Å². The highest BCUT2D eigenvalue weighted by atomic mass is 16.1. The van der Waals surface area contributed by atoms with Crippen molar-refractivity contribution in [1.29, 1.82) is 0 Å². The normalized spacial score (nSPS) is 16.2. The molecular weight excluding hydrogens is 298 g/mol. The van der Waals surface area contributed by atoms with Crippen LogP contribution in [0.5, 0.6) is 0 Å². The number of nitrogens with zero attached hydrogens (tertiary/aromatic N) is 1. The topological polar surface area (TPSA) is 47.0 Å². The number of carbonyl (C=O) groups excluding carboxylic acids is 2. The minimum absolute atomic E-state index is 0.0366. The van der Waals surface area contributed by atoms with Gasteiger partial charge in [-0.25, -0.2) is 0 Å². The zero-order chi connectivity index (χ0) is 17.7. The Morgan fingerprint density at radius 3 is 2.38 bits per heavy atom. The van der Waals surface area contributed by atoms with Gasteiger partial charge >= 0.3 is 0 Å². The van der Waals surface area contributed by atoms with Crippen LogP contribution >= 0.6 is 0 Å². The van der Waals surface area contributed by atoms with Crippen molar-refractivity contribution in [3.63, 3.8) is 0 Å². The van der Waals surface area contributed by atoms with E-state index in [1.165, 1.54) is 0 Å². The van der Waals surface area contributed by atoms with Gasteiger partial charge < -0.3 is 0 Å². The molecule has 24 heavy (non-hydrogen) atoms. The summed E-state index contributed by atoms with van der Waals surface area (Å²) >= 11 is 0. The van der Waals surface area contributed by atoms with Crippen molar-refractivity contribution in [2.24, 2.45) is 0 Å². The maximum atomic E-state index is 12.9. The van der Waals surface area contributed by atoms with Crippen molar-refractivity contribution in [2.45, 2.75) is 53.4 Å². The molecule has 0 bridgehead atoms. The average Bonchev–Trinajstić information content (AvgIpc) is 2.61. The largest absolute Gasteiger partial charge is 0.289 e. The van der Waals surface area contributed by atoms with Gasteiger partial charge in [-0.3, -0.25) is 14.6 Å². The van der Waals surface area contributed by atoms with Crippen molar-refractivity contribution in [3.8, 4) is 0 Å². The molecule has 0 fully saturated rings. The number of pyridine rings is 1. The zero-order valence-electron chi connectivity index (χ0n) is 15.0. The van der Waals surface area contributed by atoms with Crippen LogP contribution in [0.2, 0.25) is 0 Å². The second-order valence-corrected chi connectivity index (χ2v) is 6.26. The van der Waals surface area contributed by atoms with Gasteiger partial charge in [-0.1, -0.05) is 31.9 Å². The van der Waals surface area contributed by atoms with Gasteiger partial charge in [0.2, 0.25) is 0 Å². The fraction of sp³-hybridized carbons (Fsp3) is 0.381. The Hall–Kier alpha value is -2.29. The molecule has 2 rings (SSSR count). The number of hydrogen-bond donors (Lipinski definition) is 0. The van der Waals surface area contributed by atoms with Crippen LogP contribution in [0.4, 0.5) is 0 Å². The molecule has 3 heteroatoms. The van der Waals surface area contributed by atoms with Crippen molar-refractivity contribution in [1.82, 2.24) is 4.98 Å². The number of Topliss-reactive ketones (excluding diaryl/α,β-unsaturated/α-hetero) is 2. The number of carbonyl (C=O) groups is 2. The first-order valence-corrected chi connectivity index (χ1v) is 8.57. The highest BCUT2D eigenvalue weighted by Crippen LogP contribution is 2.34. The number of unbranched alkanes of at least 4 members (excludes halogenated alkanes) is 3. The molecule has 126 valence electrons. The van der Waals surface area contributed by atoms with E-state index in [1.807, 2.05) is 12.1 Å². The fourth-order valence-electron chi connectivity index (χ4n) is 2.94. The quantitative estimate of drug-likeness (QED) is 0.555. The molecule has 0 amide bonds. The molecule has 0 saturated carbocycles. The summed E-state index contributed by atoms with van der Waals surface area (Å²) in [6.45, 7) is 7.38. The van der Waals surface area contributed by atoms with Gasteiger partial charge in [0.1, 0.15) is 0 Å². The molecule has 3 nitrogen and oxygen atoms in total. The smallest absolute Gasteiger partial charge is 0.190 e. The van der Waals surface area contributed by atoms with E-state index in [-0.39, 0.29) is 11.6 Å². The molecule has 0 N–H and O–H groups in total. The first-order chi connectivity index (χ1) is 11.5. The van der Waals surface area contributed by atoms with Crippen molar-refractivity contribution in [3.05, 3.63) is 58.5 Å². The molecule has 1 aliphatic rings. The van der Waals surface area contributed by atoms with Crippen LogP contribution in [0.1, 0.15) is 58.9 Å². The van der Waals surface area contributed by atoms with Gasteiger partial charge in [-0.05, 0) is 45.3 Å². The lowest BCUT2D eigenvalue weighted by molar-refractivity contribution is -0.116. The third-order valence-electron chi connectivity index (χ3n) is 4.58. The highest BCUT2D eigenvalue weighted by molar-refractivity contribution is 6.30. The summed E-state index contributed by atoms with van der Waals surface area (Å²) in [5.74, 6) is -0.0827. The Labute approximate surface area is 144 Å². The second-order valence-electron chi connectivity index (χ2n) is 6.26. The summed E-state index contributed by atoms with van der Waals surface area (Å²) < 4.78 is 0. The summed E-state index contributed by atoms with van der Waals surface area (Å²) in [5, 5.41) is 0. The molecule has 0 atom stereocenters. The molecule has 0 radical (unpaired) electrons. The molecule has 1 aliphatic carbocycles. The zero-order valence-corrected chi connectivity index (χ0v) is 15.0. The summed E-state index contributed by atoms with van der Waals surface area (Å²) in [6.07, 6.45) is 9.81. The minimum Gasteiger partial charge on any atom is -0.289 e. The van der Waals surface area contributed by atoms with Gasteiger partial charge in [-0.2, -0.15) is 0 Å². The summed E-state index contributed by atoms with van der Waals surface area (Å²) in [6, 6.07) is 3.80. The van der Waals surface area contributed by atoms with Crippen molar-refractivity contribution >= 4 is 17.1 Å². The molecule has 0 aliphatic heterocycles. The minimum atomic E-state index is -0.0461. The van der Waals surface area contributed by atoms with Gasteiger partial charge in [0.15, 0.2) is 11.6 Å². The van der Waals surface area contributed by atoms with Crippen LogP contribution in [-0.4, -0.2) is 16.6 Å². The van der Waals surface area contributed by atoms with E-state index < -0.39 is 0 Å². The van der Waals surface area contributed by atoms with Crippen molar-refractivity contribution in [2.75, 3.05) is 0 Å². The van der Waals surface area contributed by atoms with E-state index in [1.54, 1.807) is 33.2 Å². The maximum Gasteiger partial charge on any atom is 0.190 e. The fourth-order valence-corrected chi connectivity index (χ4v) is 2.94. The highest BCUT2D eigenvalue weighted by Gasteiger charge is 2.30. The average molecular weight is 323 g/mol.